The van der Waals surface area contributed by atoms with Crippen LogP contribution in [-0.2, 0) is 4.57 Å². The SMILES string of the molecule is Cc1cc2ccccc2n1[P+](=O)C(C)(C)C. The Bertz CT molecular complexity index is 549. The number of aryl methyl sites for hydroxylation is 1. The average molecular weight is 234 g/mol. The first-order chi connectivity index (χ1) is 7.41. The minimum absolute atomic E-state index is 0.206. The lowest BCUT2D eigenvalue weighted by Gasteiger charge is -2.06. The van der Waals surface area contributed by atoms with E-state index in [0.717, 1.165) is 16.6 Å². The molecular formula is C13H17NOP+. The van der Waals surface area contributed by atoms with E-state index >= 15 is 0 Å². The predicted molar refractivity (Wildman–Crippen MR) is 69.4 cm³/mol. The number of rotatable bonds is 1. The maximum Gasteiger partial charge on any atom is 0.472 e. The van der Waals surface area contributed by atoms with Crippen LogP contribution < -0.4 is 0 Å². The van der Waals surface area contributed by atoms with E-state index in [2.05, 4.69) is 12.1 Å². The molecule has 0 aliphatic carbocycles. The van der Waals surface area contributed by atoms with Gasteiger partial charge in [0.05, 0.1) is 11.2 Å². The van der Waals surface area contributed by atoms with E-state index in [0.29, 0.717) is 0 Å². The van der Waals surface area contributed by atoms with Crippen molar-refractivity contribution in [1.82, 2.24) is 4.34 Å². The molecule has 0 aliphatic heterocycles. The normalized spacial score (nSPS) is 13.1. The lowest BCUT2D eigenvalue weighted by Crippen LogP contribution is -2.11. The minimum Gasteiger partial charge on any atom is -0.138 e. The highest BCUT2D eigenvalue weighted by atomic mass is 31.1. The highest BCUT2D eigenvalue weighted by Gasteiger charge is 2.38. The molecule has 0 fully saturated rings. The van der Waals surface area contributed by atoms with Crippen molar-refractivity contribution >= 4 is 18.9 Å². The molecule has 1 heterocycles. The van der Waals surface area contributed by atoms with Crippen molar-refractivity contribution in [2.45, 2.75) is 32.9 Å². The highest BCUT2D eigenvalue weighted by Crippen LogP contribution is 2.43. The molecule has 1 atom stereocenters. The second-order valence-electron chi connectivity index (χ2n) is 5.10. The summed E-state index contributed by atoms with van der Waals surface area (Å²) in [7, 11) is -1.43. The first-order valence-electron chi connectivity index (χ1n) is 5.46. The molecule has 0 saturated carbocycles. The Balaban J connectivity index is 2.69. The number of fused-ring (bicyclic) bond motifs is 1. The van der Waals surface area contributed by atoms with Gasteiger partial charge in [-0.25, -0.2) is 0 Å². The second-order valence-corrected chi connectivity index (χ2v) is 7.39. The summed E-state index contributed by atoms with van der Waals surface area (Å²) in [6, 6.07) is 10.2. The summed E-state index contributed by atoms with van der Waals surface area (Å²) < 4.78 is 14.4. The van der Waals surface area contributed by atoms with Gasteiger partial charge in [-0.1, -0.05) is 18.2 Å². The van der Waals surface area contributed by atoms with Crippen LogP contribution in [0.15, 0.2) is 30.3 Å². The van der Waals surface area contributed by atoms with Crippen LogP contribution >= 0.6 is 7.95 Å². The molecule has 3 heteroatoms. The van der Waals surface area contributed by atoms with Gasteiger partial charge in [-0.05, 0) is 44.4 Å². The number of nitrogens with zero attached hydrogens (tertiary/aromatic N) is 1. The topological polar surface area (TPSA) is 22.0 Å². The van der Waals surface area contributed by atoms with Gasteiger partial charge in [0.25, 0.3) is 0 Å². The Labute approximate surface area is 97.1 Å². The summed E-state index contributed by atoms with van der Waals surface area (Å²) >= 11 is 0. The third-order valence-corrected chi connectivity index (χ3v) is 4.66. The molecule has 1 unspecified atom stereocenters. The van der Waals surface area contributed by atoms with Crippen molar-refractivity contribution < 1.29 is 4.57 Å². The molecule has 0 aliphatic rings. The summed E-state index contributed by atoms with van der Waals surface area (Å²) in [5, 5.41) is 0.953. The van der Waals surface area contributed by atoms with Crippen molar-refractivity contribution in [3.63, 3.8) is 0 Å². The molecule has 1 aromatic heterocycles. The summed E-state index contributed by atoms with van der Waals surface area (Å²) in [6.07, 6.45) is 0. The van der Waals surface area contributed by atoms with Crippen LogP contribution in [0.3, 0.4) is 0 Å². The molecule has 2 aromatic rings. The van der Waals surface area contributed by atoms with Gasteiger partial charge in [0.15, 0.2) is 5.16 Å². The van der Waals surface area contributed by atoms with Gasteiger partial charge in [-0.2, -0.15) is 0 Å². The average Bonchev–Trinajstić information content (AvgIpc) is 2.51. The number of hydrogen-bond acceptors (Lipinski definition) is 1. The van der Waals surface area contributed by atoms with Gasteiger partial charge >= 0.3 is 7.95 Å². The zero-order valence-electron chi connectivity index (χ0n) is 10.2. The van der Waals surface area contributed by atoms with Crippen LogP contribution in [-0.4, -0.2) is 9.49 Å². The van der Waals surface area contributed by atoms with Crippen LogP contribution in [0.5, 0.6) is 0 Å². The Hall–Kier alpha value is -1.14. The van der Waals surface area contributed by atoms with Crippen LogP contribution in [0.25, 0.3) is 10.9 Å². The standard InChI is InChI=1S/C13H17NOP/c1-10-9-11-7-5-6-8-12(11)14(10)16(15)13(2,3)4/h5-9H,1-4H3/q+1. The fraction of sp³-hybridized carbons (Fsp3) is 0.385. The predicted octanol–water partition coefficient (Wildman–Crippen LogP) is 4.34. The largest absolute Gasteiger partial charge is 0.472 e. The molecule has 16 heavy (non-hydrogen) atoms. The maximum absolute atomic E-state index is 12.5. The Morgan fingerprint density at radius 3 is 2.44 bits per heavy atom. The van der Waals surface area contributed by atoms with E-state index in [1.54, 1.807) is 0 Å². The number of aromatic nitrogens is 1. The fourth-order valence-corrected chi connectivity index (χ4v) is 3.14. The van der Waals surface area contributed by atoms with Crippen LogP contribution in [0.2, 0.25) is 0 Å². The van der Waals surface area contributed by atoms with E-state index in [-0.39, 0.29) is 5.16 Å². The molecule has 1 aromatic carbocycles. The summed E-state index contributed by atoms with van der Waals surface area (Å²) in [5.41, 5.74) is 2.13. The van der Waals surface area contributed by atoms with Crippen LogP contribution in [0.1, 0.15) is 26.5 Å². The van der Waals surface area contributed by atoms with Gasteiger partial charge in [0.2, 0.25) is 0 Å². The molecule has 0 amide bonds. The molecule has 0 saturated heterocycles. The van der Waals surface area contributed by atoms with E-state index in [1.165, 1.54) is 0 Å². The highest BCUT2D eigenvalue weighted by molar-refractivity contribution is 7.45. The van der Waals surface area contributed by atoms with E-state index < -0.39 is 7.95 Å². The van der Waals surface area contributed by atoms with Gasteiger partial charge < -0.3 is 0 Å². The third-order valence-electron chi connectivity index (χ3n) is 2.62. The summed E-state index contributed by atoms with van der Waals surface area (Å²) in [4.78, 5) is 0. The van der Waals surface area contributed by atoms with Gasteiger partial charge in [-0.15, -0.1) is 4.34 Å². The molecule has 2 nitrogen and oxygen atoms in total. The van der Waals surface area contributed by atoms with E-state index in [1.807, 2.05) is 50.2 Å². The lowest BCUT2D eigenvalue weighted by molar-refractivity contribution is 0.559. The fourth-order valence-electron chi connectivity index (χ4n) is 1.82. The van der Waals surface area contributed by atoms with E-state index in [9.17, 15) is 4.57 Å². The van der Waals surface area contributed by atoms with Crippen molar-refractivity contribution in [3.8, 4) is 0 Å². The molecule has 0 N–H and O–H groups in total. The lowest BCUT2D eigenvalue weighted by atomic mass is 10.2. The minimum atomic E-state index is -1.43. The van der Waals surface area contributed by atoms with Gasteiger partial charge in [0, 0.05) is 5.39 Å². The second kappa shape index (κ2) is 3.71. The van der Waals surface area contributed by atoms with Crippen LogP contribution in [0.4, 0.5) is 0 Å². The molecule has 84 valence electrons. The van der Waals surface area contributed by atoms with Gasteiger partial charge in [-0.3, -0.25) is 0 Å². The smallest absolute Gasteiger partial charge is 0.138 e. The van der Waals surface area contributed by atoms with Crippen molar-refractivity contribution in [2.24, 2.45) is 0 Å². The first-order valence-corrected chi connectivity index (χ1v) is 6.67. The zero-order chi connectivity index (χ0) is 11.9. The van der Waals surface area contributed by atoms with Gasteiger partial charge in [0.1, 0.15) is 0 Å². The zero-order valence-corrected chi connectivity index (χ0v) is 11.1. The third kappa shape index (κ3) is 1.78. The van der Waals surface area contributed by atoms with E-state index in [4.69, 9.17) is 0 Å². The molecule has 0 bridgehead atoms. The summed E-state index contributed by atoms with van der Waals surface area (Å²) in [6.45, 7) is 8.05. The number of para-hydroxylation sites is 1. The Morgan fingerprint density at radius 2 is 1.81 bits per heavy atom. The van der Waals surface area contributed by atoms with Crippen molar-refractivity contribution in [1.29, 1.82) is 0 Å². The quantitative estimate of drug-likeness (QED) is 0.673. The first kappa shape index (κ1) is 11.3. The Kier molecular flexibility index (Phi) is 2.63. The Morgan fingerprint density at radius 1 is 1.19 bits per heavy atom. The summed E-state index contributed by atoms with van der Waals surface area (Å²) in [5.74, 6) is 0. The van der Waals surface area contributed by atoms with Crippen LogP contribution in [0, 0.1) is 6.92 Å². The molecule has 0 spiro atoms. The molecule has 0 radical (unpaired) electrons. The van der Waals surface area contributed by atoms with Crippen molar-refractivity contribution in [2.75, 3.05) is 0 Å². The maximum atomic E-state index is 12.5. The number of hydrogen-bond donors (Lipinski definition) is 0. The monoisotopic (exact) mass is 234 g/mol. The number of benzene rings is 1. The molecular weight excluding hydrogens is 217 g/mol. The molecule has 2 rings (SSSR count). The van der Waals surface area contributed by atoms with Crippen molar-refractivity contribution in [3.05, 3.63) is 36.0 Å².